The van der Waals surface area contributed by atoms with Crippen LogP contribution < -0.4 is 0 Å². The van der Waals surface area contributed by atoms with Crippen LogP contribution in [0.2, 0.25) is 0 Å². The molecular weight excluding hydrogens is 468 g/mol. The molecular formula is C31H26O4S. The number of hydrogen-bond donors (Lipinski definition) is 0. The van der Waals surface area contributed by atoms with Crippen molar-refractivity contribution < 1.29 is 17.9 Å². The number of esters is 1. The Morgan fingerprint density at radius 2 is 1.33 bits per heavy atom. The van der Waals surface area contributed by atoms with Crippen molar-refractivity contribution in [1.82, 2.24) is 0 Å². The van der Waals surface area contributed by atoms with Crippen molar-refractivity contribution in [1.29, 1.82) is 0 Å². The Morgan fingerprint density at radius 3 is 2.08 bits per heavy atom. The standard InChI is InChI=1S/C31H26O4S/c32-31(29-20-14-17-27-23-25-15-10-11-16-26(25)24-30(27)29)35-21-12-5-3-1-2-4-6-13-22-36(33,34)28-18-8-7-9-19-28/h7-11,14-20,23-24H,1-4,21-22H2. The van der Waals surface area contributed by atoms with Crippen LogP contribution in [0.15, 0.2) is 89.8 Å². The lowest BCUT2D eigenvalue weighted by atomic mass is 10.00. The van der Waals surface area contributed by atoms with Gasteiger partial charge in [0.2, 0.25) is 0 Å². The van der Waals surface area contributed by atoms with Gasteiger partial charge in [-0.15, -0.1) is 5.92 Å². The summed E-state index contributed by atoms with van der Waals surface area (Å²) in [5.41, 5.74) is 0.535. The lowest BCUT2D eigenvalue weighted by Gasteiger charge is -2.07. The molecule has 4 aromatic carbocycles. The average Bonchev–Trinajstić information content (AvgIpc) is 2.90. The second kappa shape index (κ2) is 12.1. The van der Waals surface area contributed by atoms with Crippen LogP contribution in [0.3, 0.4) is 0 Å². The Kier molecular flexibility index (Phi) is 8.40. The van der Waals surface area contributed by atoms with E-state index in [2.05, 4.69) is 35.8 Å². The lowest BCUT2D eigenvalue weighted by Crippen LogP contribution is -2.06. The fourth-order valence-electron chi connectivity index (χ4n) is 3.84. The van der Waals surface area contributed by atoms with E-state index in [-0.39, 0.29) is 18.3 Å². The van der Waals surface area contributed by atoms with Crippen molar-refractivity contribution in [3.8, 4) is 23.7 Å². The quantitative estimate of drug-likeness (QED) is 0.133. The van der Waals surface area contributed by atoms with Crippen LogP contribution in [-0.4, -0.2) is 26.7 Å². The van der Waals surface area contributed by atoms with E-state index in [4.69, 9.17) is 4.74 Å². The summed E-state index contributed by atoms with van der Waals surface area (Å²) in [7, 11) is -3.35. The molecule has 0 radical (unpaired) electrons. The van der Waals surface area contributed by atoms with Crippen molar-refractivity contribution in [2.75, 3.05) is 12.4 Å². The number of fused-ring (bicyclic) bond motifs is 2. The van der Waals surface area contributed by atoms with Gasteiger partial charge in [-0.1, -0.05) is 72.4 Å². The molecule has 36 heavy (non-hydrogen) atoms. The number of benzene rings is 4. The maximum Gasteiger partial charge on any atom is 0.339 e. The van der Waals surface area contributed by atoms with Gasteiger partial charge < -0.3 is 4.74 Å². The molecule has 0 N–H and O–H groups in total. The molecule has 180 valence electrons. The summed E-state index contributed by atoms with van der Waals surface area (Å²) in [4.78, 5) is 12.9. The maximum atomic E-state index is 12.6. The molecule has 0 saturated carbocycles. The minimum absolute atomic E-state index is 0.0416. The monoisotopic (exact) mass is 494 g/mol. The van der Waals surface area contributed by atoms with Gasteiger partial charge >= 0.3 is 5.97 Å². The van der Waals surface area contributed by atoms with Gasteiger partial charge in [0, 0.05) is 12.8 Å². The molecule has 4 aromatic rings. The second-order valence-electron chi connectivity index (χ2n) is 8.29. The van der Waals surface area contributed by atoms with Crippen LogP contribution in [0.5, 0.6) is 0 Å². The molecule has 0 amide bonds. The van der Waals surface area contributed by atoms with E-state index in [9.17, 15) is 13.2 Å². The molecule has 0 heterocycles. The van der Waals surface area contributed by atoms with Crippen molar-refractivity contribution in [2.45, 2.75) is 30.6 Å². The van der Waals surface area contributed by atoms with E-state index < -0.39 is 9.84 Å². The first kappa shape index (κ1) is 25.0. The van der Waals surface area contributed by atoms with Crippen LogP contribution in [-0.2, 0) is 14.6 Å². The average molecular weight is 495 g/mol. The summed E-state index contributed by atoms with van der Waals surface area (Å²) < 4.78 is 29.7. The highest BCUT2D eigenvalue weighted by Gasteiger charge is 2.12. The van der Waals surface area contributed by atoms with Crippen molar-refractivity contribution in [2.24, 2.45) is 0 Å². The van der Waals surface area contributed by atoms with Gasteiger partial charge in [-0.25, -0.2) is 13.2 Å². The Balaban J connectivity index is 1.20. The molecule has 0 aliphatic heterocycles. The highest BCUT2D eigenvalue weighted by Crippen LogP contribution is 2.26. The molecule has 4 nitrogen and oxygen atoms in total. The van der Waals surface area contributed by atoms with Crippen LogP contribution >= 0.6 is 0 Å². The SMILES string of the molecule is O=C(OCC#CCCCCC#CCS(=O)(=O)c1ccccc1)c1cccc2cc3ccccc3cc12. The predicted molar refractivity (Wildman–Crippen MR) is 144 cm³/mol. The van der Waals surface area contributed by atoms with Gasteiger partial charge in [-0.3, -0.25) is 0 Å². The highest BCUT2D eigenvalue weighted by atomic mass is 32.2. The lowest BCUT2D eigenvalue weighted by molar-refractivity contribution is 0.0559. The molecule has 0 aromatic heterocycles. The van der Waals surface area contributed by atoms with E-state index in [0.717, 1.165) is 34.4 Å². The van der Waals surface area contributed by atoms with Crippen LogP contribution in [0, 0.1) is 23.7 Å². The molecule has 0 spiro atoms. The van der Waals surface area contributed by atoms with Crippen LogP contribution in [0.25, 0.3) is 21.5 Å². The van der Waals surface area contributed by atoms with Crippen molar-refractivity contribution >= 4 is 37.4 Å². The summed E-state index contributed by atoms with van der Waals surface area (Å²) in [5.74, 6) is 11.0. The third kappa shape index (κ3) is 6.54. The molecule has 0 unspecified atom stereocenters. The second-order valence-corrected chi connectivity index (χ2v) is 10.3. The van der Waals surface area contributed by atoms with Crippen molar-refractivity contribution in [3.05, 3.63) is 90.5 Å². The van der Waals surface area contributed by atoms with Crippen LogP contribution in [0.1, 0.15) is 36.0 Å². The van der Waals surface area contributed by atoms with Gasteiger partial charge in [0.25, 0.3) is 0 Å². The zero-order chi connectivity index (χ0) is 25.2. The van der Waals surface area contributed by atoms with Gasteiger partial charge in [0.15, 0.2) is 16.4 Å². The highest BCUT2D eigenvalue weighted by molar-refractivity contribution is 7.91. The predicted octanol–water partition coefficient (Wildman–Crippen LogP) is 6.19. The molecule has 0 bridgehead atoms. The maximum absolute atomic E-state index is 12.6. The largest absolute Gasteiger partial charge is 0.449 e. The summed E-state index contributed by atoms with van der Waals surface area (Å²) in [6, 6.07) is 26.1. The van der Waals surface area contributed by atoms with Gasteiger partial charge in [0.1, 0.15) is 5.75 Å². The Bertz CT molecular complexity index is 1600. The first-order valence-electron chi connectivity index (χ1n) is 11.8. The van der Waals surface area contributed by atoms with E-state index in [1.54, 1.807) is 36.4 Å². The molecule has 5 heteroatoms. The minimum Gasteiger partial charge on any atom is -0.449 e. The number of ether oxygens (including phenoxy) is 1. The third-order valence-electron chi connectivity index (χ3n) is 5.71. The topological polar surface area (TPSA) is 60.4 Å². The first-order chi connectivity index (χ1) is 17.5. The number of sulfone groups is 1. The zero-order valence-corrected chi connectivity index (χ0v) is 20.7. The summed E-state index contributed by atoms with van der Waals surface area (Å²) in [5, 5.41) is 4.07. The molecule has 4 rings (SSSR count). The summed E-state index contributed by atoms with van der Waals surface area (Å²) in [6.45, 7) is 0.0416. The number of hydrogen-bond acceptors (Lipinski definition) is 4. The van der Waals surface area contributed by atoms with Gasteiger partial charge in [-0.2, -0.15) is 0 Å². The van der Waals surface area contributed by atoms with Gasteiger partial charge in [-0.05, 0) is 64.7 Å². The zero-order valence-electron chi connectivity index (χ0n) is 19.9. The Hall–Kier alpha value is -4.06. The number of carbonyl (C=O) groups is 1. The summed E-state index contributed by atoms with van der Waals surface area (Å²) >= 11 is 0. The van der Waals surface area contributed by atoms with Crippen molar-refractivity contribution in [3.63, 3.8) is 0 Å². The number of carbonyl (C=O) groups excluding carboxylic acids is 1. The molecule has 0 saturated heterocycles. The molecule has 0 aliphatic rings. The first-order valence-corrected chi connectivity index (χ1v) is 13.5. The smallest absolute Gasteiger partial charge is 0.339 e. The van der Waals surface area contributed by atoms with Crippen LogP contribution in [0.4, 0.5) is 0 Å². The van der Waals surface area contributed by atoms with E-state index >= 15 is 0 Å². The number of rotatable bonds is 7. The van der Waals surface area contributed by atoms with Gasteiger partial charge in [0.05, 0.1) is 10.5 Å². The minimum atomic E-state index is -3.35. The Morgan fingerprint density at radius 1 is 0.694 bits per heavy atom. The normalized spacial score (nSPS) is 10.8. The van der Waals surface area contributed by atoms with E-state index in [0.29, 0.717) is 23.3 Å². The molecule has 0 fully saturated rings. The van der Waals surface area contributed by atoms with E-state index in [1.807, 2.05) is 36.4 Å². The summed E-state index contributed by atoms with van der Waals surface area (Å²) in [6.07, 6.45) is 2.97. The fraction of sp³-hybridized carbons (Fsp3) is 0.194. The van der Waals surface area contributed by atoms with E-state index in [1.165, 1.54) is 0 Å². The molecule has 0 atom stereocenters. The Labute approximate surface area is 212 Å². The fourth-order valence-corrected chi connectivity index (χ4v) is 4.87. The molecule has 0 aliphatic carbocycles. The third-order valence-corrected chi connectivity index (χ3v) is 7.22. The number of unbranched alkanes of at least 4 members (excludes halogenated alkanes) is 3.